The Hall–Kier alpha value is -1.29. The van der Waals surface area contributed by atoms with Crippen molar-refractivity contribution in [1.29, 1.82) is 0 Å². The van der Waals surface area contributed by atoms with Gasteiger partial charge in [-0.05, 0) is 12.5 Å². The Bertz CT molecular complexity index is 319. The fraction of sp³-hybridized carbons (Fsp3) is 0.444. The number of ether oxygens (including phenoxy) is 1. The molecule has 0 aliphatic rings. The lowest BCUT2D eigenvalue weighted by Gasteiger charge is -2.06. The third-order valence-electron chi connectivity index (χ3n) is 1.76. The number of aromatic nitrogens is 1. The molecule has 0 aromatic carbocycles. The van der Waals surface area contributed by atoms with E-state index in [0.717, 1.165) is 0 Å². The molecule has 0 radical (unpaired) electrons. The summed E-state index contributed by atoms with van der Waals surface area (Å²) in [5.74, 6) is 0.00334. The molecule has 1 aromatic rings. The molecular weight excluding hydrogens is 170 g/mol. The van der Waals surface area contributed by atoms with E-state index < -0.39 is 0 Å². The number of hydrogen-bond donors (Lipinski definition) is 1. The molecular formula is C9H13NO3. The molecule has 0 fully saturated rings. The van der Waals surface area contributed by atoms with Crippen molar-refractivity contribution in [2.45, 2.75) is 13.0 Å². The van der Waals surface area contributed by atoms with Crippen molar-refractivity contribution in [3.63, 3.8) is 0 Å². The van der Waals surface area contributed by atoms with Crippen LogP contribution in [0.1, 0.15) is 6.42 Å². The van der Waals surface area contributed by atoms with Crippen LogP contribution >= 0.6 is 0 Å². The topological polar surface area (TPSA) is 51.5 Å². The summed E-state index contributed by atoms with van der Waals surface area (Å²) in [7, 11) is 1.60. The Morgan fingerprint density at radius 2 is 2.31 bits per heavy atom. The van der Waals surface area contributed by atoms with Gasteiger partial charge >= 0.3 is 0 Å². The first-order chi connectivity index (χ1) is 6.25. The summed E-state index contributed by atoms with van der Waals surface area (Å²) in [4.78, 5) is 11.2. The van der Waals surface area contributed by atoms with Gasteiger partial charge in [-0.3, -0.25) is 9.36 Å². The Morgan fingerprint density at radius 1 is 1.54 bits per heavy atom. The molecule has 4 heteroatoms. The van der Waals surface area contributed by atoms with Gasteiger partial charge in [-0.1, -0.05) is 6.07 Å². The monoisotopic (exact) mass is 183 g/mol. The first-order valence-corrected chi connectivity index (χ1v) is 4.13. The van der Waals surface area contributed by atoms with E-state index in [1.165, 1.54) is 22.8 Å². The summed E-state index contributed by atoms with van der Waals surface area (Å²) in [5.41, 5.74) is -0.184. The predicted molar refractivity (Wildman–Crippen MR) is 48.9 cm³/mol. The number of nitrogens with zero attached hydrogens (tertiary/aromatic N) is 1. The maximum atomic E-state index is 11.2. The van der Waals surface area contributed by atoms with E-state index in [4.69, 9.17) is 4.74 Å². The van der Waals surface area contributed by atoms with Crippen molar-refractivity contribution >= 4 is 0 Å². The van der Waals surface area contributed by atoms with Gasteiger partial charge in [0.1, 0.15) is 0 Å². The average molecular weight is 183 g/mol. The van der Waals surface area contributed by atoms with Crippen LogP contribution in [0.15, 0.2) is 23.0 Å². The van der Waals surface area contributed by atoms with Crippen LogP contribution in [-0.4, -0.2) is 23.4 Å². The Labute approximate surface area is 76.4 Å². The van der Waals surface area contributed by atoms with Crippen LogP contribution < -0.4 is 5.56 Å². The zero-order chi connectivity index (χ0) is 9.68. The van der Waals surface area contributed by atoms with Crippen molar-refractivity contribution in [3.05, 3.63) is 28.6 Å². The van der Waals surface area contributed by atoms with E-state index in [0.29, 0.717) is 19.6 Å². The van der Waals surface area contributed by atoms with Crippen LogP contribution in [0, 0.1) is 0 Å². The van der Waals surface area contributed by atoms with Crippen molar-refractivity contribution < 1.29 is 9.84 Å². The van der Waals surface area contributed by atoms with Gasteiger partial charge in [-0.25, -0.2) is 0 Å². The quantitative estimate of drug-likeness (QED) is 0.695. The molecule has 4 nitrogen and oxygen atoms in total. The Morgan fingerprint density at radius 3 is 2.92 bits per heavy atom. The smallest absolute Gasteiger partial charge is 0.253 e. The third-order valence-corrected chi connectivity index (χ3v) is 1.76. The van der Waals surface area contributed by atoms with E-state index in [2.05, 4.69) is 0 Å². The van der Waals surface area contributed by atoms with Gasteiger partial charge in [0.05, 0.1) is 0 Å². The third kappa shape index (κ3) is 2.59. The molecule has 0 unspecified atom stereocenters. The highest BCUT2D eigenvalue weighted by atomic mass is 16.5. The molecule has 72 valence electrons. The van der Waals surface area contributed by atoms with Crippen LogP contribution in [0.3, 0.4) is 0 Å². The molecule has 0 amide bonds. The molecule has 1 aromatic heterocycles. The summed E-state index contributed by atoms with van der Waals surface area (Å²) >= 11 is 0. The molecule has 1 N–H and O–H groups in total. The zero-order valence-corrected chi connectivity index (χ0v) is 7.56. The van der Waals surface area contributed by atoms with E-state index in [1.54, 1.807) is 7.11 Å². The van der Waals surface area contributed by atoms with Crippen LogP contribution in [0.4, 0.5) is 0 Å². The second-order valence-corrected chi connectivity index (χ2v) is 2.72. The second-order valence-electron chi connectivity index (χ2n) is 2.72. The van der Waals surface area contributed by atoms with Crippen LogP contribution in [0.5, 0.6) is 5.88 Å². The van der Waals surface area contributed by atoms with Crippen molar-refractivity contribution in [2.75, 3.05) is 13.7 Å². The standard InChI is InChI=1S/C9H13NO3/c1-13-7-3-6-10-8(11)4-2-5-9(10)12/h2,4-5,11H,3,6-7H2,1H3. The summed E-state index contributed by atoms with van der Waals surface area (Å²) in [6.45, 7) is 1.07. The van der Waals surface area contributed by atoms with Crippen LogP contribution in [0.25, 0.3) is 0 Å². The Balaban J connectivity index is 2.70. The first-order valence-electron chi connectivity index (χ1n) is 4.13. The average Bonchev–Trinajstić information content (AvgIpc) is 2.10. The molecule has 0 saturated heterocycles. The lowest BCUT2D eigenvalue weighted by Crippen LogP contribution is -2.19. The van der Waals surface area contributed by atoms with E-state index in [9.17, 15) is 9.90 Å². The highest BCUT2D eigenvalue weighted by Crippen LogP contribution is 2.04. The van der Waals surface area contributed by atoms with E-state index in [-0.39, 0.29) is 11.4 Å². The minimum Gasteiger partial charge on any atom is -0.494 e. The normalized spacial score (nSPS) is 10.2. The molecule has 0 spiro atoms. The van der Waals surface area contributed by atoms with E-state index >= 15 is 0 Å². The second kappa shape index (κ2) is 4.67. The van der Waals surface area contributed by atoms with Gasteiger partial charge < -0.3 is 9.84 Å². The van der Waals surface area contributed by atoms with E-state index in [1.807, 2.05) is 0 Å². The number of pyridine rings is 1. The molecule has 0 aliphatic heterocycles. The molecule has 0 aliphatic carbocycles. The maximum absolute atomic E-state index is 11.2. The molecule has 0 bridgehead atoms. The minimum absolute atomic E-state index is 0.00334. The minimum atomic E-state index is -0.184. The summed E-state index contributed by atoms with van der Waals surface area (Å²) in [6.07, 6.45) is 0.716. The van der Waals surface area contributed by atoms with Crippen LogP contribution in [-0.2, 0) is 11.3 Å². The first kappa shape index (κ1) is 9.80. The lowest BCUT2D eigenvalue weighted by atomic mass is 10.4. The molecule has 1 heterocycles. The summed E-state index contributed by atoms with van der Waals surface area (Å²) in [6, 6.07) is 4.45. The van der Waals surface area contributed by atoms with Gasteiger partial charge in [-0.2, -0.15) is 0 Å². The van der Waals surface area contributed by atoms with Crippen molar-refractivity contribution in [1.82, 2.24) is 4.57 Å². The van der Waals surface area contributed by atoms with Gasteiger partial charge in [0.25, 0.3) is 5.56 Å². The van der Waals surface area contributed by atoms with Gasteiger partial charge in [0.2, 0.25) is 0 Å². The van der Waals surface area contributed by atoms with Crippen molar-refractivity contribution in [3.8, 4) is 5.88 Å². The fourth-order valence-electron chi connectivity index (χ4n) is 1.10. The SMILES string of the molecule is COCCCn1c(O)cccc1=O. The maximum Gasteiger partial charge on any atom is 0.253 e. The largest absolute Gasteiger partial charge is 0.494 e. The lowest BCUT2D eigenvalue weighted by molar-refractivity contribution is 0.188. The Kier molecular flexibility index (Phi) is 3.52. The molecule has 0 atom stereocenters. The number of methoxy groups -OCH3 is 1. The highest BCUT2D eigenvalue weighted by Gasteiger charge is 1.99. The predicted octanol–water partition coefficient (Wildman–Crippen LogP) is 0.590. The number of aromatic hydroxyl groups is 1. The van der Waals surface area contributed by atoms with Gasteiger partial charge in [0.15, 0.2) is 5.88 Å². The van der Waals surface area contributed by atoms with Gasteiger partial charge in [0, 0.05) is 26.3 Å². The highest BCUT2D eigenvalue weighted by molar-refractivity contribution is 5.10. The number of rotatable bonds is 4. The zero-order valence-electron chi connectivity index (χ0n) is 7.56. The molecule has 1 rings (SSSR count). The fourth-order valence-corrected chi connectivity index (χ4v) is 1.10. The summed E-state index contributed by atoms with van der Waals surface area (Å²) in [5, 5.41) is 9.31. The number of hydrogen-bond acceptors (Lipinski definition) is 3. The van der Waals surface area contributed by atoms with Crippen molar-refractivity contribution in [2.24, 2.45) is 0 Å². The van der Waals surface area contributed by atoms with Gasteiger partial charge in [-0.15, -0.1) is 0 Å². The molecule has 0 saturated carbocycles. The summed E-state index contributed by atoms with van der Waals surface area (Å²) < 4.78 is 6.16. The van der Waals surface area contributed by atoms with Crippen LogP contribution in [0.2, 0.25) is 0 Å². The molecule has 13 heavy (non-hydrogen) atoms.